The third-order valence-corrected chi connectivity index (χ3v) is 9.96. The number of aromatic nitrogens is 2. The van der Waals surface area contributed by atoms with E-state index in [0.29, 0.717) is 25.9 Å². The van der Waals surface area contributed by atoms with Crippen LogP contribution in [-0.4, -0.2) is 67.9 Å². The molecule has 1 aromatic heterocycles. The molecule has 2 aromatic rings. The van der Waals surface area contributed by atoms with Crippen LogP contribution in [0.2, 0.25) is 0 Å². The maximum Gasteiger partial charge on any atom is 0.338 e. The number of fused-ring (bicyclic) bond motifs is 1. The number of nitrogens with zero attached hydrogens (tertiary/aromatic N) is 3. The van der Waals surface area contributed by atoms with Gasteiger partial charge >= 0.3 is 5.97 Å². The van der Waals surface area contributed by atoms with Gasteiger partial charge in [-0.15, -0.1) is 0 Å². The largest absolute Gasteiger partial charge is 0.462 e. The van der Waals surface area contributed by atoms with Crippen molar-refractivity contribution in [2.45, 2.75) is 63.3 Å². The van der Waals surface area contributed by atoms with E-state index in [2.05, 4.69) is 18.8 Å². The molecule has 10 heteroatoms. The molecule has 0 unspecified atom stereocenters. The summed E-state index contributed by atoms with van der Waals surface area (Å²) in [4.78, 5) is 12.9. The first kappa shape index (κ1) is 26.9. The summed E-state index contributed by atoms with van der Waals surface area (Å²) in [7, 11) is -3.59. The van der Waals surface area contributed by atoms with Crippen molar-refractivity contribution in [2.75, 3.05) is 39.5 Å². The molecule has 0 amide bonds. The van der Waals surface area contributed by atoms with Crippen LogP contribution in [0.4, 0.5) is 0 Å². The zero-order valence-electron chi connectivity index (χ0n) is 22.2. The van der Waals surface area contributed by atoms with Gasteiger partial charge in [-0.25, -0.2) is 13.2 Å². The smallest absolute Gasteiger partial charge is 0.338 e. The van der Waals surface area contributed by atoms with Gasteiger partial charge in [-0.1, -0.05) is 12.6 Å². The van der Waals surface area contributed by atoms with Gasteiger partial charge in [-0.05, 0) is 75.5 Å². The molecule has 0 radical (unpaired) electrons. The second-order valence-corrected chi connectivity index (χ2v) is 12.5. The van der Waals surface area contributed by atoms with Crippen molar-refractivity contribution in [2.24, 2.45) is 5.41 Å². The Balaban J connectivity index is 1.24. The summed E-state index contributed by atoms with van der Waals surface area (Å²) < 4.78 is 40.4. The normalized spacial score (nSPS) is 19.7. The lowest BCUT2D eigenvalue weighted by Crippen LogP contribution is -2.38. The Bertz CT molecular complexity index is 1290. The van der Waals surface area contributed by atoms with E-state index in [4.69, 9.17) is 14.6 Å². The molecule has 4 heterocycles. The molecule has 3 aliphatic heterocycles. The van der Waals surface area contributed by atoms with E-state index in [-0.39, 0.29) is 22.5 Å². The summed E-state index contributed by atoms with van der Waals surface area (Å²) in [6, 6.07) is 6.15. The monoisotopic (exact) mass is 542 g/mol. The van der Waals surface area contributed by atoms with Crippen LogP contribution in [0.3, 0.4) is 0 Å². The van der Waals surface area contributed by atoms with Crippen molar-refractivity contribution in [3.63, 3.8) is 0 Å². The zero-order chi connectivity index (χ0) is 26.8. The predicted molar refractivity (Wildman–Crippen MR) is 144 cm³/mol. The number of carbonyl (C=O) groups excluding carboxylic acids is 1. The molecule has 9 nitrogen and oxygen atoms in total. The number of aryl methyl sites for hydroxylation is 2. The summed E-state index contributed by atoms with van der Waals surface area (Å²) in [6.45, 7) is 10.8. The minimum atomic E-state index is -3.59. The van der Waals surface area contributed by atoms with Crippen LogP contribution < -0.4 is 5.32 Å². The van der Waals surface area contributed by atoms with Gasteiger partial charge in [0.25, 0.3) is 0 Å². The first-order valence-corrected chi connectivity index (χ1v) is 15.1. The molecule has 2 fully saturated rings. The van der Waals surface area contributed by atoms with Crippen LogP contribution in [0.15, 0.2) is 35.7 Å². The van der Waals surface area contributed by atoms with Crippen LogP contribution in [0, 0.1) is 5.41 Å². The highest BCUT2D eigenvalue weighted by Gasteiger charge is 2.38. The summed E-state index contributed by atoms with van der Waals surface area (Å²) in [6.07, 6.45) is 5.99. The van der Waals surface area contributed by atoms with Gasteiger partial charge in [0.15, 0.2) is 0 Å². The number of esters is 1. The first-order chi connectivity index (χ1) is 18.3. The molecule has 1 N–H and O–H groups in total. The highest BCUT2D eigenvalue weighted by molar-refractivity contribution is 7.89. The van der Waals surface area contributed by atoms with Crippen LogP contribution in [-0.2, 0) is 38.9 Å². The number of sulfonamides is 1. The lowest BCUT2D eigenvalue weighted by Gasteiger charge is -2.36. The Kier molecular flexibility index (Phi) is 7.93. The van der Waals surface area contributed by atoms with Gasteiger partial charge in [0.05, 0.1) is 34.2 Å². The zero-order valence-corrected chi connectivity index (χ0v) is 23.0. The van der Waals surface area contributed by atoms with E-state index in [1.165, 1.54) is 22.0 Å². The van der Waals surface area contributed by atoms with Crippen molar-refractivity contribution in [1.29, 1.82) is 0 Å². The molecular formula is C28H38N4O5S. The average Bonchev–Trinajstić information content (AvgIpc) is 3.57. The molecule has 1 aromatic carbocycles. The van der Waals surface area contributed by atoms with E-state index in [1.807, 2.05) is 4.68 Å². The minimum Gasteiger partial charge on any atom is -0.462 e. The number of rotatable bonds is 8. The van der Waals surface area contributed by atoms with Gasteiger partial charge < -0.3 is 14.8 Å². The maximum atomic E-state index is 12.9. The molecule has 3 aliphatic rings. The van der Waals surface area contributed by atoms with Gasteiger partial charge in [0.1, 0.15) is 0 Å². The summed E-state index contributed by atoms with van der Waals surface area (Å²) in [5.41, 5.74) is 4.66. The van der Waals surface area contributed by atoms with Crippen LogP contribution in [0.1, 0.15) is 66.3 Å². The number of hydrogen-bond donors (Lipinski definition) is 1. The molecule has 0 saturated carbocycles. The molecule has 0 atom stereocenters. The highest BCUT2D eigenvalue weighted by atomic mass is 32.2. The predicted octanol–water partition coefficient (Wildman–Crippen LogP) is 3.39. The molecule has 1 spiro atoms. The summed E-state index contributed by atoms with van der Waals surface area (Å²) in [5.74, 6) is -0.514. The number of carbonyl (C=O) groups is 1. The number of benzene rings is 1. The molecule has 5 rings (SSSR count). The fourth-order valence-corrected chi connectivity index (χ4v) is 7.39. The minimum absolute atomic E-state index is 0.135. The standard InChI is InChI=1S/C28H38N4O5S/c1-3-32-26-21(2)29-20-28(11-16-36-17-12-28)19-24(26)25(30-32)10-7-15-37-27(33)22-8-6-9-23(18-22)38(34,35)31-13-4-5-14-31/h6,8-9,18,29H,2-5,7,10-17,19-20H2,1H3. The van der Waals surface area contributed by atoms with Crippen molar-refractivity contribution < 1.29 is 22.7 Å². The summed E-state index contributed by atoms with van der Waals surface area (Å²) >= 11 is 0. The number of hydrogen-bond acceptors (Lipinski definition) is 7. The van der Waals surface area contributed by atoms with Crippen LogP contribution in [0.5, 0.6) is 0 Å². The van der Waals surface area contributed by atoms with E-state index < -0.39 is 16.0 Å². The van der Waals surface area contributed by atoms with Crippen LogP contribution >= 0.6 is 0 Å². The van der Waals surface area contributed by atoms with E-state index in [9.17, 15) is 13.2 Å². The molecule has 0 aliphatic carbocycles. The Morgan fingerprint density at radius 2 is 2.00 bits per heavy atom. The highest BCUT2D eigenvalue weighted by Crippen LogP contribution is 2.39. The maximum absolute atomic E-state index is 12.9. The Hall–Kier alpha value is -2.69. The SMILES string of the molecule is C=C1NCC2(CCOCC2)Cc2c(CCCOC(=O)c3cccc(S(=O)(=O)N4CCCC4)c3)nn(CC)c21. The molecule has 38 heavy (non-hydrogen) atoms. The Morgan fingerprint density at radius 1 is 1.24 bits per heavy atom. The van der Waals surface area contributed by atoms with E-state index in [1.54, 1.807) is 12.1 Å². The summed E-state index contributed by atoms with van der Waals surface area (Å²) in [5, 5.41) is 8.46. The Morgan fingerprint density at radius 3 is 2.74 bits per heavy atom. The topological polar surface area (TPSA) is 103 Å². The molecule has 2 saturated heterocycles. The average molecular weight is 543 g/mol. The fourth-order valence-electron chi connectivity index (χ4n) is 5.82. The molecule has 206 valence electrons. The van der Waals surface area contributed by atoms with E-state index in [0.717, 1.165) is 75.5 Å². The second-order valence-electron chi connectivity index (χ2n) is 10.6. The van der Waals surface area contributed by atoms with Crippen molar-refractivity contribution >= 4 is 21.7 Å². The van der Waals surface area contributed by atoms with Crippen LogP contribution in [0.25, 0.3) is 5.70 Å². The van der Waals surface area contributed by atoms with E-state index >= 15 is 0 Å². The van der Waals surface area contributed by atoms with Crippen molar-refractivity contribution in [3.05, 3.63) is 53.4 Å². The van der Waals surface area contributed by atoms with Gasteiger partial charge in [-0.3, -0.25) is 4.68 Å². The van der Waals surface area contributed by atoms with Crippen molar-refractivity contribution in [3.8, 4) is 0 Å². The number of ether oxygens (including phenoxy) is 2. The lowest BCUT2D eigenvalue weighted by atomic mass is 9.75. The molecular weight excluding hydrogens is 504 g/mol. The Labute approximate surface area is 225 Å². The first-order valence-electron chi connectivity index (χ1n) is 13.7. The van der Waals surface area contributed by atoms with Gasteiger partial charge in [0, 0.05) is 45.0 Å². The third kappa shape index (κ3) is 5.39. The van der Waals surface area contributed by atoms with Crippen molar-refractivity contribution in [1.82, 2.24) is 19.4 Å². The quantitative estimate of drug-likeness (QED) is 0.403. The number of nitrogens with one attached hydrogen (secondary N) is 1. The second kappa shape index (κ2) is 11.2. The third-order valence-electron chi connectivity index (χ3n) is 8.06. The molecule has 0 bridgehead atoms. The van der Waals surface area contributed by atoms with Gasteiger partial charge in [-0.2, -0.15) is 9.40 Å². The fraction of sp³-hybridized carbons (Fsp3) is 0.571. The van der Waals surface area contributed by atoms with Gasteiger partial charge in [0.2, 0.25) is 10.0 Å². The lowest BCUT2D eigenvalue weighted by molar-refractivity contribution is 0.0173.